The van der Waals surface area contributed by atoms with Gasteiger partial charge in [0.25, 0.3) is 0 Å². The van der Waals surface area contributed by atoms with E-state index in [1.165, 1.54) is 0 Å². The maximum absolute atomic E-state index is 6.24. The van der Waals surface area contributed by atoms with Crippen molar-refractivity contribution in [3.05, 3.63) is 29.8 Å². The van der Waals surface area contributed by atoms with E-state index in [0.29, 0.717) is 13.2 Å². The van der Waals surface area contributed by atoms with E-state index in [1.54, 1.807) is 0 Å². The molecule has 0 aromatic heterocycles. The minimum atomic E-state index is -0.375. The van der Waals surface area contributed by atoms with Crippen molar-refractivity contribution in [1.82, 2.24) is 0 Å². The lowest BCUT2D eigenvalue weighted by Crippen LogP contribution is -2.38. The van der Waals surface area contributed by atoms with Gasteiger partial charge in [0.15, 0.2) is 0 Å². The Morgan fingerprint density at radius 2 is 1.94 bits per heavy atom. The first-order valence-electron chi connectivity index (χ1n) is 6.13. The highest BCUT2D eigenvalue weighted by atomic mass is 16.5. The van der Waals surface area contributed by atoms with E-state index < -0.39 is 0 Å². The third-order valence-electron chi connectivity index (χ3n) is 2.79. The smallest absolute Gasteiger partial charge is 0.119 e. The van der Waals surface area contributed by atoms with Crippen LogP contribution in [-0.4, -0.2) is 18.8 Å². The summed E-state index contributed by atoms with van der Waals surface area (Å²) in [5, 5.41) is 0. The fourth-order valence-corrected chi connectivity index (χ4v) is 1.83. The van der Waals surface area contributed by atoms with Gasteiger partial charge in [-0.2, -0.15) is 0 Å². The normalized spacial score (nSPS) is 13.5. The summed E-state index contributed by atoms with van der Waals surface area (Å²) in [5.41, 5.74) is 6.90. The van der Waals surface area contributed by atoms with Crippen LogP contribution in [-0.2, 0) is 4.74 Å². The maximum Gasteiger partial charge on any atom is 0.119 e. The summed E-state index contributed by atoms with van der Waals surface area (Å²) in [6.45, 7) is 9.28. The molecule has 3 heteroatoms. The lowest BCUT2D eigenvalue weighted by molar-refractivity contribution is -0.0298. The molecule has 3 nitrogen and oxygen atoms in total. The van der Waals surface area contributed by atoms with Crippen molar-refractivity contribution >= 4 is 0 Å². The largest absolute Gasteiger partial charge is 0.494 e. The van der Waals surface area contributed by atoms with E-state index in [4.69, 9.17) is 15.2 Å². The van der Waals surface area contributed by atoms with Gasteiger partial charge in [0.2, 0.25) is 0 Å². The minimum Gasteiger partial charge on any atom is -0.494 e. The van der Waals surface area contributed by atoms with Crippen LogP contribution in [0.5, 0.6) is 5.75 Å². The average Bonchev–Trinajstić information content (AvgIpc) is 2.29. The molecule has 1 unspecified atom stereocenters. The Balaban J connectivity index is 2.87. The lowest BCUT2D eigenvalue weighted by Gasteiger charge is -2.31. The topological polar surface area (TPSA) is 44.5 Å². The molecule has 0 bridgehead atoms. The second-order valence-electron chi connectivity index (χ2n) is 4.52. The van der Waals surface area contributed by atoms with Crippen LogP contribution < -0.4 is 10.5 Å². The van der Waals surface area contributed by atoms with Gasteiger partial charge in [0.05, 0.1) is 18.2 Å². The molecule has 0 amide bonds. The Morgan fingerprint density at radius 3 is 2.53 bits per heavy atom. The van der Waals surface area contributed by atoms with E-state index in [1.807, 2.05) is 52.0 Å². The quantitative estimate of drug-likeness (QED) is 0.827. The molecule has 1 atom stereocenters. The molecular weight excluding hydrogens is 214 g/mol. The van der Waals surface area contributed by atoms with Crippen LogP contribution in [0.3, 0.4) is 0 Å². The zero-order valence-corrected chi connectivity index (χ0v) is 11.2. The van der Waals surface area contributed by atoms with Crippen LogP contribution in [0.4, 0.5) is 0 Å². The molecule has 0 radical (unpaired) electrons. The average molecular weight is 237 g/mol. The van der Waals surface area contributed by atoms with Gasteiger partial charge in [-0.3, -0.25) is 0 Å². The molecule has 0 fully saturated rings. The Morgan fingerprint density at radius 1 is 1.24 bits per heavy atom. The fraction of sp³-hybridized carbons (Fsp3) is 0.571. The van der Waals surface area contributed by atoms with Crippen LogP contribution >= 0.6 is 0 Å². The summed E-state index contributed by atoms with van der Waals surface area (Å²) >= 11 is 0. The van der Waals surface area contributed by atoms with Gasteiger partial charge in [-0.05, 0) is 45.4 Å². The summed E-state index contributed by atoms with van der Waals surface area (Å²) in [6.07, 6.45) is 0. The zero-order chi connectivity index (χ0) is 12.9. The molecule has 1 aromatic rings. The Hall–Kier alpha value is -1.06. The minimum absolute atomic E-state index is 0.164. The van der Waals surface area contributed by atoms with Crippen LogP contribution in [0, 0.1) is 0 Å². The Bertz CT molecular complexity index is 350. The van der Waals surface area contributed by atoms with E-state index in [9.17, 15) is 0 Å². The van der Waals surface area contributed by atoms with Gasteiger partial charge < -0.3 is 15.2 Å². The lowest BCUT2D eigenvalue weighted by atomic mass is 9.92. The molecule has 1 aromatic carbocycles. The van der Waals surface area contributed by atoms with Crippen molar-refractivity contribution in [2.24, 2.45) is 5.73 Å². The molecule has 17 heavy (non-hydrogen) atoms. The van der Waals surface area contributed by atoms with Crippen LogP contribution in [0.1, 0.15) is 39.3 Å². The van der Waals surface area contributed by atoms with Gasteiger partial charge >= 0.3 is 0 Å². The van der Waals surface area contributed by atoms with Crippen LogP contribution in [0.25, 0.3) is 0 Å². The standard InChI is InChI=1S/C14H23NO2/c1-5-16-12-9-7-8-11(10-12)13(15)14(3,4)17-6-2/h7-10,13H,5-6,15H2,1-4H3. The van der Waals surface area contributed by atoms with Crippen molar-refractivity contribution in [2.75, 3.05) is 13.2 Å². The molecule has 1 rings (SSSR count). The molecule has 0 aliphatic rings. The monoisotopic (exact) mass is 237 g/mol. The van der Waals surface area contributed by atoms with E-state index in [-0.39, 0.29) is 11.6 Å². The molecule has 0 aliphatic heterocycles. The Kier molecular flexibility index (Phi) is 4.97. The SMILES string of the molecule is CCOc1cccc(C(N)C(C)(C)OCC)c1. The summed E-state index contributed by atoms with van der Waals surface area (Å²) in [5.74, 6) is 0.854. The zero-order valence-electron chi connectivity index (χ0n) is 11.2. The highest BCUT2D eigenvalue weighted by Crippen LogP contribution is 2.28. The molecular formula is C14H23NO2. The molecule has 0 saturated carbocycles. The first kappa shape index (κ1) is 14.0. The number of hydrogen-bond acceptors (Lipinski definition) is 3. The molecule has 0 saturated heterocycles. The van der Waals surface area contributed by atoms with Gasteiger partial charge in [-0.1, -0.05) is 12.1 Å². The second kappa shape index (κ2) is 6.03. The number of ether oxygens (including phenoxy) is 2. The number of benzene rings is 1. The number of rotatable bonds is 6. The third kappa shape index (κ3) is 3.72. The summed E-state index contributed by atoms with van der Waals surface area (Å²) in [7, 11) is 0. The van der Waals surface area contributed by atoms with Gasteiger partial charge in [-0.15, -0.1) is 0 Å². The van der Waals surface area contributed by atoms with Crippen molar-refractivity contribution in [1.29, 1.82) is 0 Å². The van der Waals surface area contributed by atoms with Crippen molar-refractivity contribution in [3.63, 3.8) is 0 Å². The highest BCUT2D eigenvalue weighted by molar-refractivity contribution is 5.31. The molecule has 96 valence electrons. The van der Waals surface area contributed by atoms with Crippen molar-refractivity contribution in [2.45, 2.75) is 39.3 Å². The number of hydrogen-bond donors (Lipinski definition) is 1. The first-order chi connectivity index (χ1) is 8.01. The van der Waals surface area contributed by atoms with Crippen molar-refractivity contribution < 1.29 is 9.47 Å². The molecule has 2 N–H and O–H groups in total. The van der Waals surface area contributed by atoms with Crippen LogP contribution in [0.15, 0.2) is 24.3 Å². The highest BCUT2D eigenvalue weighted by Gasteiger charge is 2.28. The summed E-state index contributed by atoms with van der Waals surface area (Å²) in [4.78, 5) is 0. The number of nitrogens with two attached hydrogens (primary N) is 1. The van der Waals surface area contributed by atoms with Gasteiger partial charge in [0, 0.05) is 6.61 Å². The fourth-order valence-electron chi connectivity index (χ4n) is 1.83. The molecule has 0 heterocycles. The Labute approximate surface area is 104 Å². The summed E-state index contributed by atoms with van der Waals surface area (Å²) in [6, 6.07) is 7.72. The molecule has 0 spiro atoms. The van der Waals surface area contributed by atoms with E-state index in [2.05, 4.69) is 0 Å². The van der Waals surface area contributed by atoms with E-state index in [0.717, 1.165) is 11.3 Å². The first-order valence-corrected chi connectivity index (χ1v) is 6.13. The third-order valence-corrected chi connectivity index (χ3v) is 2.79. The van der Waals surface area contributed by atoms with Crippen LogP contribution in [0.2, 0.25) is 0 Å². The van der Waals surface area contributed by atoms with Gasteiger partial charge in [0.1, 0.15) is 5.75 Å². The second-order valence-corrected chi connectivity index (χ2v) is 4.52. The summed E-state index contributed by atoms with van der Waals surface area (Å²) < 4.78 is 11.2. The van der Waals surface area contributed by atoms with Crippen molar-refractivity contribution in [3.8, 4) is 5.75 Å². The molecule has 0 aliphatic carbocycles. The maximum atomic E-state index is 6.24. The van der Waals surface area contributed by atoms with E-state index >= 15 is 0 Å². The predicted octanol–water partition coefficient (Wildman–Crippen LogP) is 2.90. The predicted molar refractivity (Wildman–Crippen MR) is 70.2 cm³/mol. The van der Waals surface area contributed by atoms with Gasteiger partial charge in [-0.25, -0.2) is 0 Å².